The molecule has 32 heavy (non-hydrogen) atoms. The van der Waals surface area contributed by atoms with Crippen LogP contribution in [0, 0.1) is 13.8 Å². The predicted molar refractivity (Wildman–Crippen MR) is 129 cm³/mol. The van der Waals surface area contributed by atoms with Crippen molar-refractivity contribution in [2.24, 2.45) is 0 Å². The second-order valence-corrected chi connectivity index (χ2v) is 8.07. The highest BCUT2D eigenvalue weighted by atomic mass is 16.1. The topological polar surface area (TPSA) is 79.8 Å². The van der Waals surface area contributed by atoms with Gasteiger partial charge in [0, 0.05) is 42.7 Å². The van der Waals surface area contributed by atoms with Crippen molar-refractivity contribution in [3.63, 3.8) is 0 Å². The molecule has 2 N–H and O–H groups in total. The Hall–Kier alpha value is -3.80. The Labute approximate surface area is 188 Å². The average molecular weight is 426 g/mol. The standard InChI is InChI=1S/C26H27N5O/c1-16-8-9-19(17(2)12-16)23-13-24(31-15-30-23)29-14-18(3)20-6-5-7-21-22(26(32)27-4)10-11-28-25(20)21/h5-13,15,18H,14H2,1-4H3,(H,27,32)(H,29,30,31)/t18-/m1/s1. The fourth-order valence-corrected chi connectivity index (χ4v) is 4.00. The van der Waals surface area contributed by atoms with Crippen molar-refractivity contribution in [2.45, 2.75) is 26.7 Å². The summed E-state index contributed by atoms with van der Waals surface area (Å²) in [4.78, 5) is 25.7. The van der Waals surface area contributed by atoms with Crippen molar-refractivity contribution >= 4 is 22.6 Å². The van der Waals surface area contributed by atoms with E-state index in [2.05, 4.69) is 70.6 Å². The van der Waals surface area contributed by atoms with Crippen LogP contribution in [0.5, 0.6) is 0 Å². The van der Waals surface area contributed by atoms with E-state index in [0.717, 1.165) is 33.5 Å². The number of nitrogens with zero attached hydrogens (tertiary/aromatic N) is 3. The SMILES string of the molecule is CNC(=O)c1ccnc2c([C@H](C)CNc3cc(-c4ccc(C)cc4C)ncn3)cccc12. The molecule has 1 atom stereocenters. The highest BCUT2D eigenvalue weighted by Crippen LogP contribution is 2.27. The number of hydrogen-bond acceptors (Lipinski definition) is 5. The van der Waals surface area contributed by atoms with Gasteiger partial charge >= 0.3 is 0 Å². The Kier molecular flexibility index (Phi) is 6.12. The lowest BCUT2D eigenvalue weighted by Crippen LogP contribution is -2.18. The maximum absolute atomic E-state index is 12.2. The summed E-state index contributed by atoms with van der Waals surface area (Å²) in [5, 5.41) is 7.00. The molecule has 0 aliphatic carbocycles. The molecular formula is C26H27N5O. The highest BCUT2D eigenvalue weighted by molar-refractivity contribution is 6.06. The third kappa shape index (κ3) is 4.30. The molecule has 0 radical (unpaired) electrons. The Bertz CT molecular complexity index is 1280. The minimum Gasteiger partial charge on any atom is -0.369 e. The fraction of sp³-hybridized carbons (Fsp3) is 0.231. The Balaban J connectivity index is 1.56. The van der Waals surface area contributed by atoms with E-state index >= 15 is 0 Å². The van der Waals surface area contributed by atoms with Crippen LogP contribution in [-0.2, 0) is 0 Å². The van der Waals surface area contributed by atoms with Gasteiger partial charge in [0.1, 0.15) is 12.1 Å². The van der Waals surface area contributed by atoms with Gasteiger partial charge in [-0.1, -0.05) is 48.9 Å². The predicted octanol–water partition coefficient (Wildman–Crippen LogP) is 4.88. The number of pyridine rings is 1. The van der Waals surface area contributed by atoms with Gasteiger partial charge < -0.3 is 10.6 Å². The lowest BCUT2D eigenvalue weighted by Gasteiger charge is -2.16. The van der Waals surface area contributed by atoms with Gasteiger partial charge in [0.05, 0.1) is 16.8 Å². The van der Waals surface area contributed by atoms with Gasteiger partial charge in [-0.25, -0.2) is 9.97 Å². The smallest absolute Gasteiger partial charge is 0.251 e. The van der Waals surface area contributed by atoms with Crippen molar-refractivity contribution in [1.82, 2.24) is 20.3 Å². The van der Waals surface area contributed by atoms with E-state index in [1.54, 1.807) is 25.6 Å². The van der Waals surface area contributed by atoms with E-state index < -0.39 is 0 Å². The lowest BCUT2D eigenvalue weighted by molar-refractivity contribution is 0.0964. The van der Waals surface area contributed by atoms with Crippen LogP contribution in [0.15, 0.2) is 61.1 Å². The van der Waals surface area contributed by atoms with Crippen molar-refractivity contribution in [1.29, 1.82) is 0 Å². The number of rotatable bonds is 6. The summed E-state index contributed by atoms with van der Waals surface area (Å²) < 4.78 is 0. The quantitative estimate of drug-likeness (QED) is 0.460. The first-order valence-corrected chi connectivity index (χ1v) is 10.7. The molecule has 2 heterocycles. The molecule has 0 spiro atoms. The van der Waals surface area contributed by atoms with E-state index in [0.29, 0.717) is 12.1 Å². The van der Waals surface area contributed by atoms with E-state index in [1.165, 1.54) is 11.1 Å². The van der Waals surface area contributed by atoms with Crippen LogP contribution in [0.4, 0.5) is 5.82 Å². The van der Waals surface area contributed by atoms with Crippen molar-refractivity contribution < 1.29 is 4.79 Å². The number of amides is 1. The number of carbonyl (C=O) groups excluding carboxylic acids is 1. The molecule has 0 fully saturated rings. The molecule has 0 aliphatic heterocycles. The average Bonchev–Trinajstić information content (AvgIpc) is 2.81. The summed E-state index contributed by atoms with van der Waals surface area (Å²) in [5.41, 5.74) is 7.00. The number of fused-ring (bicyclic) bond motifs is 1. The fourth-order valence-electron chi connectivity index (χ4n) is 4.00. The molecule has 2 aromatic carbocycles. The molecule has 6 nitrogen and oxygen atoms in total. The number of carbonyl (C=O) groups is 1. The number of hydrogen-bond donors (Lipinski definition) is 2. The normalized spacial score (nSPS) is 11.9. The zero-order valence-electron chi connectivity index (χ0n) is 18.8. The largest absolute Gasteiger partial charge is 0.369 e. The van der Waals surface area contributed by atoms with E-state index in [1.807, 2.05) is 18.2 Å². The number of aryl methyl sites for hydroxylation is 2. The Morgan fingerprint density at radius 2 is 1.88 bits per heavy atom. The maximum atomic E-state index is 12.2. The highest BCUT2D eigenvalue weighted by Gasteiger charge is 2.15. The van der Waals surface area contributed by atoms with E-state index in [-0.39, 0.29) is 11.8 Å². The third-order valence-corrected chi connectivity index (χ3v) is 5.72. The first kappa shape index (κ1) is 21.4. The summed E-state index contributed by atoms with van der Waals surface area (Å²) in [7, 11) is 1.64. The molecule has 162 valence electrons. The first-order chi connectivity index (χ1) is 15.5. The summed E-state index contributed by atoms with van der Waals surface area (Å²) in [6.07, 6.45) is 3.29. The molecule has 0 saturated heterocycles. The van der Waals surface area contributed by atoms with Crippen LogP contribution in [0.1, 0.15) is 39.9 Å². The minimum absolute atomic E-state index is 0.111. The number of benzene rings is 2. The molecule has 4 rings (SSSR count). The van der Waals surface area contributed by atoms with E-state index in [9.17, 15) is 4.79 Å². The second-order valence-electron chi connectivity index (χ2n) is 8.07. The van der Waals surface area contributed by atoms with Gasteiger partial charge in [0.15, 0.2) is 0 Å². The number of anilines is 1. The van der Waals surface area contributed by atoms with Gasteiger partial charge in [-0.3, -0.25) is 9.78 Å². The van der Waals surface area contributed by atoms with Gasteiger partial charge in [-0.2, -0.15) is 0 Å². The van der Waals surface area contributed by atoms with Crippen LogP contribution in [0.3, 0.4) is 0 Å². The zero-order chi connectivity index (χ0) is 22.7. The monoisotopic (exact) mass is 425 g/mol. The van der Waals surface area contributed by atoms with Gasteiger partial charge in [0.25, 0.3) is 5.91 Å². The lowest BCUT2D eigenvalue weighted by atomic mass is 9.96. The van der Waals surface area contributed by atoms with Crippen LogP contribution in [0.25, 0.3) is 22.2 Å². The molecular weight excluding hydrogens is 398 g/mol. The summed E-state index contributed by atoms with van der Waals surface area (Å²) in [6, 6.07) is 16.1. The Morgan fingerprint density at radius 1 is 1.03 bits per heavy atom. The maximum Gasteiger partial charge on any atom is 0.251 e. The van der Waals surface area contributed by atoms with Gasteiger partial charge in [-0.15, -0.1) is 0 Å². The van der Waals surface area contributed by atoms with Gasteiger partial charge in [0.2, 0.25) is 0 Å². The van der Waals surface area contributed by atoms with Gasteiger partial charge in [-0.05, 0) is 31.0 Å². The van der Waals surface area contributed by atoms with Crippen molar-refractivity contribution in [2.75, 3.05) is 18.9 Å². The molecule has 0 saturated carbocycles. The van der Waals surface area contributed by atoms with Crippen molar-refractivity contribution in [3.8, 4) is 11.3 Å². The molecule has 0 bridgehead atoms. The minimum atomic E-state index is -0.111. The molecule has 2 aromatic heterocycles. The molecule has 0 aliphatic rings. The number of aromatic nitrogens is 3. The number of nitrogens with one attached hydrogen (secondary N) is 2. The molecule has 4 aromatic rings. The van der Waals surface area contributed by atoms with Crippen LogP contribution < -0.4 is 10.6 Å². The zero-order valence-corrected chi connectivity index (χ0v) is 18.8. The number of para-hydroxylation sites is 1. The third-order valence-electron chi connectivity index (χ3n) is 5.72. The summed E-state index contributed by atoms with van der Waals surface area (Å²) in [6.45, 7) is 7.00. The van der Waals surface area contributed by atoms with Crippen LogP contribution >= 0.6 is 0 Å². The van der Waals surface area contributed by atoms with Crippen LogP contribution in [0.2, 0.25) is 0 Å². The van der Waals surface area contributed by atoms with Crippen molar-refractivity contribution in [3.05, 3.63) is 83.3 Å². The summed E-state index contributed by atoms with van der Waals surface area (Å²) >= 11 is 0. The van der Waals surface area contributed by atoms with E-state index in [4.69, 9.17) is 0 Å². The molecule has 0 unspecified atom stereocenters. The first-order valence-electron chi connectivity index (χ1n) is 10.7. The second kappa shape index (κ2) is 9.14. The Morgan fingerprint density at radius 3 is 2.66 bits per heavy atom. The molecule has 6 heteroatoms. The molecule has 1 amide bonds. The van der Waals surface area contributed by atoms with Crippen LogP contribution in [-0.4, -0.2) is 34.5 Å². The summed E-state index contributed by atoms with van der Waals surface area (Å²) in [5.74, 6) is 0.826.